The summed E-state index contributed by atoms with van der Waals surface area (Å²) in [5.74, 6) is 0.547. The van der Waals surface area contributed by atoms with Crippen molar-refractivity contribution in [2.24, 2.45) is 0 Å². The maximum atomic E-state index is 12.6. The van der Waals surface area contributed by atoms with Crippen LogP contribution in [0.3, 0.4) is 0 Å². The highest BCUT2D eigenvalue weighted by Crippen LogP contribution is 2.37. The van der Waals surface area contributed by atoms with Crippen molar-refractivity contribution in [1.82, 2.24) is 0 Å². The van der Waals surface area contributed by atoms with Crippen LogP contribution in [0.5, 0.6) is 11.5 Å². The predicted molar refractivity (Wildman–Crippen MR) is 116 cm³/mol. The summed E-state index contributed by atoms with van der Waals surface area (Å²) in [4.78, 5) is 12.6. The highest BCUT2D eigenvalue weighted by atomic mass is 127. The zero-order chi connectivity index (χ0) is 19.2. The fraction of sp³-hybridized carbons (Fsp3) is 0.0952. The zero-order valence-corrected chi connectivity index (χ0v) is 17.5. The number of methoxy groups -OCH3 is 1. The van der Waals surface area contributed by atoms with E-state index in [2.05, 4.69) is 27.9 Å². The quantitative estimate of drug-likeness (QED) is 0.443. The first-order valence-corrected chi connectivity index (χ1v) is 9.63. The van der Waals surface area contributed by atoms with E-state index in [1.165, 1.54) is 7.11 Å². The van der Waals surface area contributed by atoms with Crippen molar-refractivity contribution in [3.8, 4) is 11.5 Å². The lowest BCUT2D eigenvalue weighted by Gasteiger charge is -2.14. The minimum Gasteiger partial charge on any atom is -0.491 e. The lowest BCUT2D eigenvalue weighted by atomic mass is 10.1. The Labute approximate surface area is 176 Å². The maximum absolute atomic E-state index is 12.6. The minimum absolute atomic E-state index is 0.272. The fourth-order valence-corrected chi connectivity index (χ4v) is 3.34. The van der Waals surface area contributed by atoms with Gasteiger partial charge in [0.05, 0.1) is 12.1 Å². The average Bonchev–Trinajstić information content (AvgIpc) is 2.66. The summed E-state index contributed by atoms with van der Waals surface area (Å²) in [5, 5.41) is 3.18. The largest absolute Gasteiger partial charge is 0.491 e. The molecule has 0 aliphatic rings. The van der Waals surface area contributed by atoms with Crippen molar-refractivity contribution < 1.29 is 14.3 Å². The van der Waals surface area contributed by atoms with Crippen molar-refractivity contribution in [2.75, 3.05) is 12.4 Å². The Hall–Kier alpha value is -2.25. The molecule has 0 fully saturated rings. The highest BCUT2D eigenvalue weighted by molar-refractivity contribution is 14.1. The first-order chi connectivity index (χ1) is 13.1. The Bertz CT molecular complexity index is 947. The third-order valence-electron chi connectivity index (χ3n) is 3.80. The second kappa shape index (κ2) is 9.10. The highest BCUT2D eigenvalue weighted by Gasteiger charge is 2.16. The standard InChI is InChI=1S/C21H17ClINO3/c1-26-20-18(22)10-15(21(25)24-17-9-5-8-16(23)12-17)11-19(20)27-13-14-6-3-2-4-7-14/h2-12H,13H2,1H3,(H,24,25). The normalized spacial score (nSPS) is 10.3. The molecule has 0 bridgehead atoms. The van der Waals surface area contributed by atoms with Crippen molar-refractivity contribution in [3.63, 3.8) is 0 Å². The Balaban J connectivity index is 1.83. The Morgan fingerprint density at radius 3 is 2.56 bits per heavy atom. The monoisotopic (exact) mass is 493 g/mol. The first kappa shape index (κ1) is 19.5. The van der Waals surface area contributed by atoms with Gasteiger partial charge in [0.25, 0.3) is 5.91 Å². The van der Waals surface area contributed by atoms with Crippen LogP contribution in [0.25, 0.3) is 0 Å². The summed E-state index contributed by atoms with van der Waals surface area (Å²) in [7, 11) is 1.52. The molecule has 0 aliphatic carbocycles. The van der Waals surface area contributed by atoms with Crippen LogP contribution >= 0.6 is 34.2 Å². The van der Waals surface area contributed by atoms with E-state index in [0.29, 0.717) is 34.4 Å². The molecule has 6 heteroatoms. The molecule has 0 unspecified atom stereocenters. The van der Waals surface area contributed by atoms with Gasteiger partial charge in [0.2, 0.25) is 0 Å². The topological polar surface area (TPSA) is 47.6 Å². The lowest BCUT2D eigenvalue weighted by Crippen LogP contribution is -2.12. The first-order valence-electron chi connectivity index (χ1n) is 8.18. The number of hydrogen-bond donors (Lipinski definition) is 1. The molecule has 0 saturated carbocycles. The van der Waals surface area contributed by atoms with Crippen molar-refractivity contribution in [2.45, 2.75) is 6.61 Å². The van der Waals surface area contributed by atoms with Gasteiger partial charge in [0, 0.05) is 14.8 Å². The molecule has 138 valence electrons. The number of carbonyl (C=O) groups excluding carboxylic acids is 1. The molecule has 27 heavy (non-hydrogen) atoms. The Morgan fingerprint density at radius 1 is 1.07 bits per heavy atom. The molecule has 1 amide bonds. The van der Waals surface area contributed by atoms with E-state index in [4.69, 9.17) is 21.1 Å². The van der Waals surface area contributed by atoms with Gasteiger partial charge < -0.3 is 14.8 Å². The van der Waals surface area contributed by atoms with Gasteiger partial charge in [-0.2, -0.15) is 0 Å². The van der Waals surface area contributed by atoms with E-state index in [1.807, 2.05) is 54.6 Å². The van der Waals surface area contributed by atoms with Crippen LogP contribution in [0.1, 0.15) is 15.9 Å². The molecular formula is C21H17ClINO3. The number of hydrogen-bond acceptors (Lipinski definition) is 3. The number of rotatable bonds is 6. The van der Waals surface area contributed by atoms with Gasteiger partial charge in [-0.3, -0.25) is 4.79 Å². The summed E-state index contributed by atoms with van der Waals surface area (Å²) in [5.41, 5.74) is 2.11. The molecular weight excluding hydrogens is 477 g/mol. The van der Waals surface area contributed by atoms with E-state index in [1.54, 1.807) is 12.1 Å². The average molecular weight is 494 g/mol. The molecule has 0 aliphatic heterocycles. The molecule has 0 atom stereocenters. The van der Waals surface area contributed by atoms with E-state index in [0.717, 1.165) is 9.13 Å². The molecule has 0 spiro atoms. The number of carbonyl (C=O) groups is 1. The van der Waals surface area contributed by atoms with Gasteiger partial charge in [-0.1, -0.05) is 48.0 Å². The molecule has 3 rings (SSSR count). The molecule has 0 aromatic heterocycles. The van der Waals surface area contributed by atoms with E-state index in [9.17, 15) is 4.79 Å². The van der Waals surface area contributed by atoms with Crippen LogP contribution in [-0.2, 0) is 6.61 Å². The van der Waals surface area contributed by atoms with Crippen molar-refractivity contribution >= 4 is 45.8 Å². The molecule has 0 radical (unpaired) electrons. The third kappa shape index (κ3) is 5.14. The van der Waals surface area contributed by atoms with Crippen LogP contribution in [0.4, 0.5) is 5.69 Å². The van der Waals surface area contributed by atoms with Gasteiger partial charge in [0.15, 0.2) is 11.5 Å². The van der Waals surface area contributed by atoms with Gasteiger partial charge >= 0.3 is 0 Å². The van der Waals surface area contributed by atoms with Gasteiger partial charge in [-0.25, -0.2) is 0 Å². The number of nitrogens with one attached hydrogen (secondary N) is 1. The molecule has 1 N–H and O–H groups in total. The smallest absolute Gasteiger partial charge is 0.255 e. The SMILES string of the molecule is COc1c(Cl)cc(C(=O)Nc2cccc(I)c2)cc1OCc1ccccc1. The number of benzene rings is 3. The van der Waals surface area contributed by atoms with Crippen molar-refractivity contribution in [3.05, 3.63) is 86.4 Å². The summed E-state index contributed by atoms with van der Waals surface area (Å²) >= 11 is 8.50. The van der Waals surface area contributed by atoms with Crippen LogP contribution in [0.15, 0.2) is 66.7 Å². The predicted octanol–water partition coefficient (Wildman–Crippen LogP) is 5.78. The summed E-state index contributed by atoms with van der Waals surface area (Å²) in [6.07, 6.45) is 0. The molecule has 4 nitrogen and oxygen atoms in total. The Morgan fingerprint density at radius 2 is 1.85 bits per heavy atom. The molecule has 3 aromatic carbocycles. The van der Waals surface area contributed by atoms with Crippen LogP contribution in [-0.4, -0.2) is 13.0 Å². The van der Waals surface area contributed by atoms with E-state index in [-0.39, 0.29) is 5.91 Å². The van der Waals surface area contributed by atoms with Crippen LogP contribution in [0.2, 0.25) is 5.02 Å². The van der Waals surface area contributed by atoms with E-state index < -0.39 is 0 Å². The minimum atomic E-state index is -0.272. The molecule has 0 heterocycles. The lowest BCUT2D eigenvalue weighted by molar-refractivity contribution is 0.102. The number of ether oxygens (including phenoxy) is 2. The molecule has 3 aromatic rings. The summed E-state index contributed by atoms with van der Waals surface area (Å²) in [6, 6.07) is 20.5. The van der Waals surface area contributed by atoms with E-state index >= 15 is 0 Å². The van der Waals surface area contributed by atoms with Crippen LogP contribution < -0.4 is 14.8 Å². The third-order valence-corrected chi connectivity index (χ3v) is 4.75. The van der Waals surface area contributed by atoms with Crippen molar-refractivity contribution in [1.29, 1.82) is 0 Å². The van der Waals surface area contributed by atoms with Crippen LogP contribution in [0, 0.1) is 3.57 Å². The summed E-state index contributed by atoms with van der Waals surface area (Å²) in [6.45, 7) is 0.343. The van der Waals surface area contributed by atoms with Gasteiger partial charge in [0.1, 0.15) is 6.61 Å². The van der Waals surface area contributed by atoms with Gasteiger partial charge in [-0.05, 0) is 58.5 Å². The van der Waals surface area contributed by atoms with Gasteiger partial charge in [-0.15, -0.1) is 0 Å². The number of anilines is 1. The molecule has 0 saturated heterocycles. The second-order valence-electron chi connectivity index (χ2n) is 5.73. The second-order valence-corrected chi connectivity index (χ2v) is 7.38. The fourth-order valence-electron chi connectivity index (χ4n) is 2.51. The number of amides is 1. The zero-order valence-electron chi connectivity index (χ0n) is 14.5. The Kier molecular flexibility index (Phi) is 6.58. The number of halogens is 2. The maximum Gasteiger partial charge on any atom is 0.255 e. The summed E-state index contributed by atoms with van der Waals surface area (Å²) < 4.78 is 12.2.